The van der Waals surface area contributed by atoms with E-state index in [0.29, 0.717) is 24.1 Å². The Hall–Kier alpha value is -2.34. The van der Waals surface area contributed by atoms with Crippen molar-refractivity contribution in [1.29, 1.82) is 0 Å². The molecule has 1 aromatic heterocycles. The highest BCUT2D eigenvalue weighted by Crippen LogP contribution is 2.30. The molecule has 0 bridgehead atoms. The van der Waals surface area contributed by atoms with E-state index in [-0.39, 0.29) is 0 Å². The summed E-state index contributed by atoms with van der Waals surface area (Å²) in [5, 5.41) is 0. The van der Waals surface area contributed by atoms with Gasteiger partial charge in [0.05, 0.1) is 13.7 Å². The molecule has 20 heavy (non-hydrogen) atoms. The lowest BCUT2D eigenvalue weighted by Crippen LogP contribution is -2.12. The van der Waals surface area contributed by atoms with Crippen molar-refractivity contribution >= 4 is 5.82 Å². The van der Waals surface area contributed by atoms with E-state index >= 15 is 0 Å². The van der Waals surface area contributed by atoms with Crippen LogP contribution < -0.4 is 20.7 Å². The fourth-order valence-electron chi connectivity index (χ4n) is 1.84. The summed E-state index contributed by atoms with van der Waals surface area (Å²) in [4.78, 5) is 8.00. The van der Waals surface area contributed by atoms with Gasteiger partial charge in [-0.25, -0.2) is 10.8 Å². The number of hydrogen-bond donors (Lipinski definition) is 2. The number of nitrogens with one attached hydrogen (secondary N) is 1. The Kier molecular flexibility index (Phi) is 5.14. The summed E-state index contributed by atoms with van der Waals surface area (Å²) in [5.74, 6) is 6.56. The van der Waals surface area contributed by atoms with Crippen molar-refractivity contribution in [2.24, 2.45) is 5.84 Å². The van der Waals surface area contributed by atoms with Gasteiger partial charge in [-0.1, -0.05) is 30.3 Å². The van der Waals surface area contributed by atoms with Gasteiger partial charge < -0.3 is 14.9 Å². The van der Waals surface area contributed by atoms with Gasteiger partial charge in [-0.15, -0.1) is 0 Å². The fourth-order valence-corrected chi connectivity index (χ4v) is 1.84. The van der Waals surface area contributed by atoms with Crippen LogP contribution >= 0.6 is 0 Å². The molecule has 0 radical (unpaired) electrons. The fraction of sp³-hybridized carbons (Fsp3) is 0.286. The summed E-state index contributed by atoms with van der Waals surface area (Å²) >= 11 is 0. The number of benzene rings is 1. The van der Waals surface area contributed by atoms with E-state index < -0.39 is 0 Å². The zero-order chi connectivity index (χ0) is 14.2. The number of ether oxygens (including phenoxy) is 2. The summed E-state index contributed by atoms with van der Waals surface area (Å²) in [5.41, 5.74) is 3.73. The molecule has 1 heterocycles. The lowest BCUT2D eigenvalue weighted by atomic mass is 10.1. The molecule has 0 saturated carbocycles. The molecule has 0 atom stereocenters. The van der Waals surface area contributed by atoms with Crippen LogP contribution in [0.2, 0.25) is 0 Å². The number of hydrazine groups is 1. The minimum Gasteiger partial charge on any atom is -0.489 e. The molecule has 0 fully saturated rings. The maximum atomic E-state index is 5.62. The van der Waals surface area contributed by atoms with Crippen molar-refractivity contribution in [3.8, 4) is 11.6 Å². The number of nitrogens with zero attached hydrogens (tertiary/aromatic N) is 2. The third-order valence-corrected chi connectivity index (χ3v) is 2.80. The monoisotopic (exact) mass is 274 g/mol. The van der Waals surface area contributed by atoms with Gasteiger partial charge in [-0.05, 0) is 18.4 Å². The highest BCUT2D eigenvalue weighted by molar-refractivity contribution is 5.54. The van der Waals surface area contributed by atoms with Crippen LogP contribution in [0.1, 0.15) is 12.0 Å². The first kappa shape index (κ1) is 14.1. The van der Waals surface area contributed by atoms with E-state index in [1.807, 2.05) is 18.2 Å². The Bertz CT molecular complexity index is 534. The average Bonchev–Trinajstić information content (AvgIpc) is 2.52. The number of nitrogens with two attached hydrogens (primary N) is 1. The Morgan fingerprint density at radius 3 is 2.70 bits per heavy atom. The number of methoxy groups -OCH3 is 1. The van der Waals surface area contributed by atoms with Crippen molar-refractivity contribution < 1.29 is 9.47 Å². The van der Waals surface area contributed by atoms with E-state index in [4.69, 9.17) is 15.3 Å². The first-order valence-corrected chi connectivity index (χ1v) is 6.37. The molecule has 2 rings (SSSR count). The lowest BCUT2D eigenvalue weighted by molar-refractivity contribution is 0.277. The molecular formula is C14H18N4O2. The molecule has 3 N–H and O–H groups in total. The minimum absolute atomic E-state index is 0.392. The first-order chi connectivity index (χ1) is 9.85. The minimum atomic E-state index is 0.392. The van der Waals surface area contributed by atoms with Crippen LogP contribution in [0.15, 0.2) is 36.7 Å². The molecule has 1 aromatic carbocycles. The quantitative estimate of drug-likeness (QED) is 0.455. The van der Waals surface area contributed by atoms with Gasteiger partial charge in [0.1, 0.15) is 6.33 Å². The van der Waals surface area contributed by atoms with E-state index in [0.717, 1.165) is 12.8 Å². The first-order valence-electron chi connectivity index (χ1n) is 6.37. The standard InChI is InChI=1S/C14H18N4O2/c1-19-12-13(18-15)16-10-17-14(12)20-9-5-8-11-6-3-2-4-7-11/h2-4,6-7,10H,5,8-9,15H2,1H3,(H,16,17,18). The average molecular weight is 274 g/mol. The molecule has 2 aromatic rings. The van der Waals surface area contributed by atoms with Crippen LogP contribution in [-0.2, 0) is 6.42 Å². The Morgan fingerprint density at radius 2 is 2.00 bits per heavy atom. The number of anilines is 1. The second kappa shape index (κ2) is 7.30. The second-order valence-electron chi connectivity index (χ2n) is 4.14. The van der Waals surface area contributed by atoms with Gasteiger partial charge in [0.25, 0.3) is 5.88 Å². The second-order valence-corrected chi connectivity index (χ2v) is 4.14. The number of rotatable bonds is 7. The molecule has 0 amide bonds. The highest BCUT2D eigenvalue weighted by Gasteiger charge is 2.12. The van der Waals surface area contributed by atoms with Crippen molar-refractivity contribution in [3.05, 3.63) is 42.2 Å². The van der Waals surface area contributed by atoms with Crippen LogP contribution in [-0.4, -0.2) is 23.7 Å². The van der Waals surface area contributed by atoms with Crippen LogP contribution in [0, 0.1) is 0 Å². The number of hydrogen-bond acceptors (Lipinski definition) is 6. The summed E-state index contributed by atoms with van der Waals surface area (Å²) in [7, 11) is 1.52. The van der Waals surface area contributed by atoms with Crippen LogP contribution in [0.25, 0.3) is 0 Å². The normalized spacial score (nSPS) is 10.1. The Labute approximate surface area is 117 Å². The molecule has 0 aliphatic carbocycles. The summed E-state index contributed by atoms with van der Waals surface area (Å²) < 4.78 is 10.8. The predicted octanol–water partition coefficient (Wildman–Crippen LogP) is 1.78. The number of aryl methyl sites for hydroxylation is 1. The lowest BCUT2D eigenvalue weighted by Gasteiger charge is -2.11. The third-order valence-electron chi connectivity index (χ3n) is 2.80. The number of aromatic nitrogens is 2. The van der Waals surface area contributed by atoms with Crippen LogP contribution in [0.4, 0.5) is 5.82 Å². The van der Waals surface area contributed by atoms with Crippen molar-refractivity contribution in [2.45, 2.75) is 12.8 Å². The Balaban J connectivity index is 1.88. The molecule has 106 valence electrons. The molecule has 6 heteroatoms. The van der Waals surface area contributed by atoms with E-state index in [1.54, 1.807) is 0 Å². The zero-order valence-electron chi connectivity index (χ0n) is 11.4. The van der Waals surface area contributed by atoms with E-state index in [1.165, 1.54) is 19.0 Å². The van der Waals surface area contributed by atoms with Crippen molar-refractivity contribution in [2.75, 3.05) is 19.1 Å². The van der Waals surface area contributed by atoms with Gasteiger partial charge in [0.2, 0.25) is 5.75 Å². The predicted molar refractivity (Wildman–Crippen MR) is 76.7 cm³/mol. The van der Waals surface area contributed by atoms with Gasteiger partial charge in [0, 0.05) is 0 Å². The van der Waals surface area contributed by atoms with Crippen LogP contribution in [0.3, 0.4) is 0 Å². The SMILES string of the molecule is COc1c(NN)ncnc1OCCCc1ccccc1. The van der Waals surface area contributed by atoms with Gasteiger partial charge in [0.15, 0.2) is 5.82 Å². The topological polar surface area (TPSA) is 82.3 Å². The summed E-state index contributed by atoms with van der Waals surface area (Å²) in [6, 6.07) is 10.3. The Morgan fingerprint density at radius 1 is 1.20 bits per heavy atom. The number of nitrogen functional groups attached to an aromatic ring is 1. The third kappa shape index (κ3) is 3.58. The molecule has 0 aliphatic rings. The maximum absolute atomic E-state index is 5.62. The van der Waals surface area contributed by atoms with E-state index in [2.05, 4.69) is 27.5 Å². The molecule has 0 spiro atoms. The zero-order valence-corrected chi connectivity index (χ0v) is 11.4. The molecule has 0 unspecified atom stereocenters. The molecule has 0 saturated heterocycles. The van der Waals surface area contributed by atoms with Crippen molar-refractivity contribution in [3.63, 3.8) is 0 Å². The van der Waals surface area contributed by atoms with E-state index in [9.17, 15) is 0 Å². The molecule has 6 nitrogen and oxygen atoms in total. The van der Waals surface area contributed by atoms with Gasteiger partial charge in [-0.2, -0.15) is 4.98 Å². The summed E-state index contributed by atoms with van der Waals surface area (Å²) in [6.07, 6.45) is 3.23. The van der Waals surface area contributed by atoms with Gasteiger partial charge >= 0.3 is 0 Å². The molecular weight excluding hydrogens is 256 g/mol. The van der Waals surface area contributed by atoms with Crippen molar-refractivity contribution in [1.82, 2.24) is 9.97 Å². The largest absolute Gasteiger partial charge is 0.489 e. The van der Waals surface area contributed by atoms with Gasteiger partial charge in [-0.3, -0.25) is 0 Å². The highest BCUT2D eigenvalue weighted by atomic mass is 16.5. The molecule has 0 aliphatic heterocycles. The summed E-state index contributed by atoms with van der Waals surface area (Å²) in [6.45, 7) is 0.548. The smallest absolute Gasteiger partial charge is 0.262 e. The maximum Gasteiger partial charge on any atom is 0.262 e. The van der Waals surface area contributed by atoms with Crippen LogP contribution in [0.5, 0.6) is 11.6 Å².